The van der Waals surface area contributed by atoms with Crippen LogP contribution in [0.4, 0.5) is 10.1 Å². The fourth-order valence-corrected chi connectivity index (χ4v) is 4.98. The highest BCUT2D eigenvalue weighted by atomic mass is 19.1. The van der Waals surface area contributed by atoms with Crippen LogP contribution in [0.15, 0.2) is 24.3 Å². The number of hydrogen-bond donors (Lipinski definition) is 0. The SMILES string of the molecule is Cc1cc(N2CCC(CCCCN3CCCCC3)CC2)c2cc(F)ccc2n1. The van der Waals surface area contributed by atoms with Gasteiger partial charge in [0.2, 0.25) is 0 Å². The number of fused-ring (bicyclic) bond motifs is 1. The molecule has 0 radical (unpaired) electrons. The first-order chi connectivity index (χ1) is 13.7. The van der Waals surface area contributed by atoms with Gasteiger partial charge in [0.15, 0.2) is 0 Å². The molecule has 2 aromatic rings. The zero-order valence-electron chi connectivity index (χ0n) is 17.3. The van der Waals surface area contributed by atoms with E-state index in [1.807, 2.05) is 6.92 Å². The van der Waals surface area contributed by atoms with Gasteiger partial charge in [-0.15, -0.1) is 0 Å². The third kappa shape index (κ3) is 4.83. The number of likely N-dealkylation sites (tertiary alicyclic amines) is 1. The first-order valence-corrected chi connectivity index (χ1v) is 11.2. The number of hydrogen-bond acceptors (Lipinski definition) is 3. The second kappa shape index (κ2) is 9.21. The maximum Gasteiger partial charge on any atom is 0.124 e. The van der Waals surface area contributed by atoms with Gasteiger partial charge < -0.3 is 9.80 Å². The van der Waals surface area contributed by atoms with E-state index in [9.17, 15) is 4.39 Å². The van der Waals surface area contributed by atoms with Crippen molar-refractivity contribution in [3.63, 3.8) is 0 Å². The molecule has 1 aromatic carbocycles. The summed E-state index contributed by atoms with van der Waals surface area (Å²) in [5, 5.41) is 0.950. The summed E-state index contributed by atoms with van der Waals surface area (Å²) in [5.74, 6) is 0.673. The Kier molecular flexibility index (Phi) is 6.46. The first-order valence-electron chi connectivity index (χ1n) is 11.2. The predicted octanol–water partition coefficient (Wildman–Crippen LogP) is 5.55. The smallest absolute Gasteiger partial charge is 0.124 e. The minimum Gasteiger partial charge on any atom is -0.371 e. The number of rotatable bonds is 6. The van der Waals surface area contributed by atoms with Gasteiger partial charge in [-0.05, 0) is 88.8 Å². The van der Waals surface area contributed by atoms with E-state index in [2.05, 4.69) is 20.9 Å². The van der Waals surface area contributed by atoms with Crippen LogP contribution in [0.1, 0.15) is 57.1 Å². The van der Waals surface area contributed by atoms with Crippen LogP contribution >= 0.6 is 0 Å². The topological polar surface area (TPSA) is 19.4 Å². The van der Waals surface area contributed by atoms with Gasteiger partial charge in [0.25, 0.3) is 0 Å². The molecule has 0 atom stereocenters. The van der Waals surface area contributed by atoms with Gasteiger partial charge in [0.1, 0.15) is 5.82 Å². The Morgan fingerprint density at radius 3 is 2.57 bits per heavy atom. The molecule has 4 heteroatoms. The van der Waals surface area contributed by atoms with Crippen LogP contribution in [-0.4, -0.2) is 42.6 Å². The summed E-state index contributed by atoms with van der Waals surface area (Å²) >= 11 is 0. The Bertz CT molecular complexity index is 777. The molecule has 0 spiro atoms. The van der Waals surface area contributed by atoms with E-state index >= 15 is 0 Å². The molecule has 2 saturated heterocycles. The Hall–Kier alpha value is -1.68. The highest BCUT2D eigenvalue weighted by Gasteiger charge is 2.21. The molecule has 4 rings (SSSR count). The number of halogens is 1. The highest BCUT2D eigenvalue weighted by molar-refractivity contribution is 5.92. The molecule has 0 bridgehead atoms. The Labute approximate surface area is 168 Å². The van der Waals surface area contributed by atoms with Gasteiger partial charge in [-0.25, -0.2) is 4.39 Å². The Morgan fingerprint density at radius 1 is 1.00 bits per heavy atom. The number of unbranched alkanes of at least 4 members (excludes halogenated alkanes) is 1. The van der Waals surface area contributed by atoms with Crippen LogP contribution < -0.4 is 4.90 Å². The van der Waals surface area contributed by atoms with Crippen molar-refractivity contribution in [3.05, 3.63) is 35.8 Å². The molecule has 2 fully saturated rings. The molecule has 0 aliphatic carbocycles. The standard InChI is InChI=1S/C24H34FN3/c1-19-17-24(22-18-21(25)8-9-23(22)26-19)28-15-10-20(11-16-28)7-3-6-14-27-12-4-2-5-13-27/h8-9,17-18,20H,2-7,10-16H2,1H3. The number of pyridine rings is 1. The average molecular weight is 384 g/mol. The summed E-state index contributed by atoms with van der Waals surface area (Å²) in [4.78, 5) is 9.68. The summed E-state index contributed by atoms with van der Waals surface area (Å²) in [6.45, 7) is 8.11. The second-order valence-corrected chi connectivity index (χ2v) is 8.77. The van der Waals surface area contributed by atoms with Gasteiger partial charge in [-0.3, -0.25) is 4.98 Å². The maximum atomic E-state index is 13.8. The molecule has 152 valence electrons. The van der Waals surface area contributed by atoms with Crippen molar-refractivity contribution >= 4 is 16.6 Å². The van der Waals surface area contributed by atoms with Crippen molar-refractivity contribution in [3.8, 4) is 0 Å². The average Bonchev–Trinajstić information content (AvgIpc) is 2.72. The lowest BCUT2D eigenvalue weighted by atomic mass is 9.91. The van der Waals surface area contributed by atoms with Crippen LogP contribution in [0.5, 0.6) is 0 Å². The summed E-state index contributed by atoms with van der Waals surface area (Å²) in [6, 6.07) is 7.08. The Balaban J connectivity index is 1.28. The van der Waals surface area contributed by atoms with E-state index in [0.29, 0.717) is 0 Å². The number of aromatic nitrogens is 1. The van der Waals surface area contributed by atoms with Crippen molar-refractivity contribution in [1.29, 1.82) is 0 Å². The molecule has 1 aromatic heterocycles. The zero-order chi connectivity index (χ0) is 19.3. The minimum atomic E-state index is -0.178. The number of anilines is 1. The van der Waals surface area contributed by atoms with E-state index in [-0.39, 0.29) is 5.82 Å². The molecule has 0 unspecified atom stereocenters. The molecule has 28 heavy (non-hydrogen) atoms. The van der Waals surface area contributed by atoms with Crippen molar-refractivity contribution in [2.75, 3.05) is 37.6 Å². The largest absolute Gasteiger partial charge is 0.371 e. The summed E-state index contributed by atoms with van der Waals surface area (Å²) in [7, 11) is 0. The summed E-state index contributed by atoms with van der Waals surface area (Å²) in [6.07, 6.45) is 10.8. The Morgan fingerprint density at radius 2 is 1.79 bits per heavy atom. The third-order valence-corrected chi connectivity index (χ3v) is 6.62. The third-order valence-electron chi connectivity index (χ3n) is 6.62. The van der Waals surface area contributed by atoms with Gasteiger partial charge in [-0.1, -0.05) is 19.3 Å². The molecular weight excluding hydrogens is 349 g/mol. The molecule has 0 N–H and O–H groups in total. The second-order valence-electron chi connectivity index (χ2n) is 8.77. The molecule has 3 heterocycles. The van der Waals surface area contributed by atoms with Crippen molar-refractivity contribution in [1.82, 2.24) is 9.88 Å². The van der Waals surface area contributed by atoms with Crippen LogP contribution in [-0.2, 0) is 0 Å². The van der Waals surface area contributed by atoms with Crippen LogP contribution in [0, 0.1) is 18.7 Å². The van der Waals surface area contributed by atoms with Crippen LogP contribution in [0.25, 0.3) is 10.9 Å². The molecule has 2 aliphatic rings. The van der Waals surface area contributed by atoms with Crippen molar-refractivity contribution < 1.29 is 4.39 Å². The minimum absolute atomic E-state index is 0.178. The molecular formula is C24H34FN3. The zero-order valence-corrected chi connectivity index (χ0v) is 17.3. The van der Waals surface area contributed by atoms with Gasteiger partial charge >= 0.3 is 0 Å². The van der Waals surface area contributed by atoms with Gasteiger partial charge in [0.05, 0.1) is 5.52 Å². The van der Waals surface area contributed by atoms with E-state index < -0.39 is 0 Å². The lowest BCUT2D eigenvalue weighted by molar-refractivity contribution is 0.221. The lowest BCUT2D eigenvalue weighted by Crippen LogP contribution is -2.34. The quantitative estimate of drug-likeness (QED) is 0.609. The van der Waals surface area contributed by atoms with Crippen LogP contribution in [0.2, 0.25) is 0 Å². The van der Waals surface area contributed by atoms with Crippen LogP contribution in [0.3, 0.4) is 0 Å². The molecule has 3 nitrogen and oxygen atoms in total. The number of aryl methyl sites for hydroxylation is 1. The fourth-order valence-electron chi connectivity index (χ4n) is 4.98. The fraction of sp³-hybridized carbons (Fsp3) is 0.625. The lowest BCUT2D eigenvalue weighted by Gasteiger charge is -2.34. The summed E-state index contributed by atoms with van der Waals surface area (Å²) < 4.78 is 13.8. The number of nitrogens with zero attached hydrogens (tertiary/aromatic N) is 3. The highest BCUT2D eigenvalue weighted by Crippen LogP contribution is 2.32. The van der Waals surface area contributed by atoms with Gasteiger partial charge in [0, 0.05) is 29.9 Å². The van der Waals surface area contributed by atoms with E-state index in [4.69, 9.17) is 0 Å². The molecule has 2 aliphatic heterocycles. The van der Waals surface area contributed by atoms with E-state index in [1.54, 1.807) is 12.1 Å². The normalized spacial score (nSPS) is 19.4. The van der Waals surface area contributed by atoms with Gasteiger partial charge in [-0.2, -0.15) is 0 Å². The summed E-state index contributed by atoms with van der Waals surface area (Å²) in [5.41, 5.74) is 3.07. The number of piperidine rings is 2. The van der Waals surface area contributed by atoms with E-state index in [0.717, 1.165) is 41.3 Å². The monoisotopic (exact) mass is 383 g/mol. The predicted molar refractivity (Wildman–Crippen MR) is 116 cm³/mol. The van der Waals surface area contributed by atoms with Crippen molar-refractivity contribution in [2.24, 2.45) is 5.92 Å². The molecule has 0 amide bonds. The number of benzene rings is 1. The maximum absolute atomic E-state index is 13.8. The van der Waals surface area contributed by atoms with Crippen molar-refractivity contribution in [2.45, 2.75) is 58.3 Å². The van der Waals surface area contributed by atoms with E-state index in [1.165, 1.54) is 77.1 Å². The first kappa shape index (κ1) is 19.6. The molecule has 0 saturated carbocycles.